The van der Waals surface area contributed by atoms with E-state index in [2.05, 4.69) is 0 Å². The molecule has 1 aromatic heterocycles. The molecular weight excluding hydrogens is 454 g/mol. The van der Waals surface area contributed by atoms with E-state index >= 15 is 0 Å². The van der Waals surface area contributed by atoms with Crippen molar-refractivity contribution in [3.63, 3.8) is 0 Å². The Morgan fingerprint density at radius 2 is 1.59 bits per heavy atom. The summed E-state index contributed by atoms with van der Waals surface area (Å²) in [6.45, 7) is 0.200. The van der Waals surface area contributed by atoms with Crippen molar-refractivity contribution in [2.75, 3.05) is 0 Å². The number of nitrogens with zero attached hydrogens (tertiary/aromatic N) is 1. The second-order valence-electron chi connectivity index (χ2n) is 8.70. The monoisotopic (exact) mass is 475 g/mol. The molecule has 7 heteroatoms. The Morgan fingerprint density at radius 1 is 0.941 bits per heavy atom. The maximum Gasteiger partial charge on any atom is 0.419 e. The van der Waals surface area contributed by atoms with Crippen LogP contribution in [0.2, 0.25) is 5.02 Å². The number of benzene rings is 3. The summed E-state index contributed by atoms with van der Waals surface area (Å²) in [6, 6.07) is 21.7. The van der Waals surface area contributed by atoms with Crippen molar-refractivity contribution in [2.45, 2.75) is 19.4 Å². The fourth-order valence-electron chi connectivity index (χ4n) is 5.06. The van der Waals surface area contributed by atoms with E-state index in [4.69, 9.17) is 16.0 Å². The van der Waals surface area contributed by atoms with Crippen molar-refractivity contribution in [1.82, 2.24) is 4.57 Å². The third-order valence-electron chi connectivity index (χ3n) is 6.75. The molecule has 1 fully saturated rings. The molecule has 172 valence electrons. The molecule has 0 bridgehead atoms. The number of carboxylic acid groups (broad SMARTS) is 1. The van der Waals surface area contributed by atoms with Gasteiger partial charge in [0.2, 0.25) is 0 Å². The van der Waals surface area contributed by atoms with E-state index in [9.17, 15) is 19.5 Å². The lowest BCUT2D eigenvalue weighted by Crippen LogP contribution is -2.32. The molecule has 1 N–H and O–H groups in total. The molecule has 1 saturated carbocycles. The van der Waals surface area contributed by atoms with Gasteiger partial charge in [0.25, 0.3) is 0 Å². The highest BCUT2D eigenvalue weighted by Crippen LogP contribution is 2.40. The minimum atomic E-state index is -1.01. The summed E-state index contributed by atoms with van der Waals surface area (Å²) >= 11 is 5.95. The first kappa shape index (κ1) is 22.2. The van der Waals surface area contributed by atoms with Gasteiger partial charge >= 0.3 is 11.7 Å². The molecule has 0 spiro atoms. The summed E-state index contributed by atoms with van der Waals surface area (Å²) in [7, 11) is 0. The van der Waals surface area contributed by atoms with Gasteiger partial charge in [-0.25, -0.2) is 4.79 Å². The first-order valence-electron chi connectivity index (χ1n) is 11.1. The van der Waals surface area contributed by atoms with Crippen molar-refractivity contribution in [3.8, 4) is 11.1 Å². The average Bonchev–Trinajstić information content (AvgIpc) is 3.40. The predicted octanol–water partition coefficient (Wildman–Crippen LogP) is 5.52. The number of aromatic nitrogens is 1. The number of aliphatic carboxylic acids is 1. The summed E-state index contributed by atoms with van der Waals surface area (Å²) in [5, 5.41) is 10.7. The fourth-order valence-corrected chi connectivity index (χ4v) is 5.18. The van der Waals surface area contributed by atoms with Crippen molar-refractivity contribution < 1.29 is 19.1 Å². The maximum atomic E-state index is 13.3. The number of para-hydroxylation sites is 2. The zero-order chi connectivity index (χ0) is 23.8. The molecule has 3 atom stereocenters. The smallest absolute Gasteiger partial charge is 0.419 e. The molecule has 1 aliphatic carbocycles. The molecule has 0 saturated heterocycles. The molecule has 0 aliphatic heterocycles. The lowest BCUT2D eigenvalue weighted by Gasteiger charge is -2.20. The average molecular weight is 476 g/mol. The number of carbonyl (C=O) groups is 2. The van der Waals surface area contributed by atoms with E-state index in [0.717, 1.165) is 11.1 Å². The fraction of sp³-hybridized carbons (Fsp3) is 0.222. The number of halogens is 1. The van der Waals surface area contributed by atoms with Gasteiger partial charge in [-0.15, -0.1) is 0 Å². The second kappa shape index (κ2) is 8.95. The number of oxazole rings is 1. The highest BCUT2D eigenvalue weighted by atomic mass is 35.5. The number of hydrogen-bond acceptors (Lipinski definition) is 4. The Kier molecular flexibility index (Phi) is 5.84. The second-order valence-corrected chi connectivity index (χ2v) is 9.14. The minimum Gasteiger partial charge on any atom is -0.481 e. The van der Waals surface area contributed by atoms with Crippen LogP contribution < -0.4 is 5.76 Å². The molecule has 1 aliphatic rings. The Morgan fingerprint density at radius 3 is 2.26 bits per heavy atom. The molecular formula is C27H22ClNO5. The van der Waals surface area contributed by atoms with Crippen molar-refractivity contribution in [1.29, 1.82) is 0 Å². The number of ketones is 1. The van der Waals surface area contributed by atoms with Crippen LogP contribution in [0.3, 0.4) is 0 Å². The molecule has 4 aromatic rings. The molecule has 3 aromatic carbocycles. The van der Waals surface area contributed by atoms with Gasteiger partial charge in [-0.2, -0.15) is 0 Å². The highest BCUT2D eigenvalue weighted by molar-refractivity contribution is 6.30. The van der Waals surface area contributed by atoms with Crippen LogP contribution in [-0.4, -0.2) is 21.4 Å². The summed E-state index contributed by atoms with van der Waals surface area (Å²) in [4.78, 5) is 37.9. The minimum absolute atomic E-state index is 0.179. The van der Waals surface area contributed by atoms with E-state index < -0.39 is 23.6 Å². The number of carbonyl (C=O) groups excluding carboxylic acids is 1. The van der Waals surface area contributed by atoms with Crippen molar-refractivity contribution >= 4 is 34.5 Å². The van der Waals surface area contributed by atoms with Gasteiger partial charge in [-0.3, -0.25) is 14.2 Å². The van der Waals surface area contributed by atoms with Crippen LogP contribution in [-0.2, 0) is 11.3 Å². The summed E-state index contributed by atoms with van der Waals surface area (Å²) < 4.78 is 6.76. The number of hydrogen-bond donors (Lipinski definition) is 1. The van der Waals surface area contributed by atoms with E-state index in [1.54, 1.807) is 48.5 Å². The van der Waals surface area contributed by atoms with Crippen LogP contribution in [0.1, 0.15) is 23.2 Å². The van der Waals surface area contributed by atoms with Gasteiger partial charge < -0.3 is 9.52 Å². The molecule has 3 unspecified atom stereocenters. The molecule has 6 nitrogen and oxygen atoms in total. The zero-order valence-electron chi connectivity index (χ0n) is 18.2. The van der Waals surface area contributed by atoms with E-state index in [-0.39, 0.29) is 18.2 Å². The summed E-state index contributed by atoms with van der Waals surface area (Å²) in [5.41, 5.74) is 3.50. The lowest BCUT2D eigenvalue weighted by atomic mass is 9.84. The molecule has 1 heterocycles. The third-order valence-corrected chi connectivity index (χ3v) is 7.00. The van der Waals surface area contributed by atoms with Crippen LogP contribution in [0.5, 0.6) is 0 Å². The number of fused-ring (bicyclic) bond motifs is 1. The molecule has 0 radical (unpaired) electrons. The van der Waals surface area contributed by atoms with Crippen LogP contribution in [0.15, 0.2) is 82.0 Å². The maximum absolute atomic E-state index is 13.3. The zero-order valence-corrected chi connectivity index (χ0v) is 18.9. The SMILES string of the molecule is O=C(c1ccc(-c2ccc(Cl)cc2)cc1)C1CCC(Cn2c(=O)oc3ccccc32)C1C(=O)O. The number of carboxylic acids is 1. The molecule has 0 amide bonds. The standard InChI is InChI=1S/C27H22ClNO5/c28-20-12-9-17(10-13-20)16-5-7-18(8-6-16)25(30)21-14-11-19(24(21)26(31)32)15-29-22-3-1-2-4-23(22)34-27(29)33/h1-10,12-13,19,21,24H,11,14-15H2,(H,31,32). The van der Waals surface area contributed by atoms with E-state index in [1.807, 2.05) is 24.3 Å². The van der Waals surface area contributed by atoms with E-state index in [1.165, 1.54) is 4.57 Å². The number of rotatable bonds is 6. The van der Waals surface area contributed by atoms with Crippen LogP contribution >= 0.6 is 11.6 Å². The van der Waals surface area contributed by atoms with Gasteiger partial charge in [-0.1, -0.05) is 60.1 Å². The first-order chi connectivity index (χ1) is 16.4. The van der Waals surface area contributed by atoms with Crippen LogP contribution in [0.25, 0.3) is 22.2 Å². The Balaban J connectivity index is 1.38. The third kappa shape index (κ3) is 4.05. The Hall–Kier alpha value is -3.64. The first-order valence-corrected chi connectivity index (χ1v) is 11.5. The summed E-state index contributed by atoms with van der Waals surface area (Å²) in [5.74, 6) is -3.57. The van der Waals surface area contributed by atoms with Gasteiger partial charge in [0.15, 0.2) is 11.4 Å². The normalized spacial score (nSPS) is 20.0. The van der Waals surface area contributed by atoms with Crippen LogP contribution in [0, 0.1) is 17.8 Å². The largest absolute Gasteiger partial charge is 0.481 e. The van der Waals surface area contributed by atoms with Gasteiger partial charge in [0.1, 0.15) is 0 Å². The topological polar surface area (TPSA) is 89.5 Å². The quantitative estimate of drug-likeness (QED) is 0.370. The predicted molar refractivity (Wildman–Crippen MR) is 129 cm³/mol. The number of Topliss-reactive ketones (excluding diaryl/α,β-unsaturated/α-hetero) is 1. The Bertz CT molecular complexity index is 1420. The van der Waals surface area contributed by atoms with E-state index in [0.29, 0.717) is 34.5 Å². The highest BCUT2D eigenvalue weighted by Gasteiger charge is 2.45. The van der Waals surface area contributed by atoms with Crippen LogP contribution in [0.4, 0.5) is 0 Å². The summed E-state index contributed by atoms with van der Waals surface area (Å²) in [6.07, 6.45) is 1.01. The van der Waals surface area contributed by atoms with Crippen molar-refractivity contribution in [3.05, 3.63) is 93.9 Å². The molecule has 5 rings (SSSR count). The van der Waals surface area contributed by atoms with Gasteiger partial charge in [-0.05, 0) is 54.2 Å². The van der Waals surface area contributed by atoms with Gasteiger partial charge in [0.05, 0.1) is 11.4 Å². The van der Waals surface area contributed by atoms with Crippen molar-refractivity contribution in [2.24, 2.45) is 17.8 Å². The Labute approximate surface area is 200 Å². The lowest BCUT2D eigenvalue weighted by molar-refractivity contribution is -0.144. The van der Waals surface area contributed by atoms with Gasteiger partial charge in [0, 0.05) is 23.0 Å². The molecule has 34 heavy (non-hydrogen) atoms.